The van der Waals surface area contributed by atoms with Gasteiger partial charge in [-0.15, -0.1) is 0 Å². The molecule has 3 aromatic rings. The van der Waals surface area contributed by atoms with Crippen molar-refractivity contribution < 1.29 is 9.53 Å². The van der Waals surface area contributed by atoms with E-state index in [2.05, 4.69) is 5.32 Å². The average Bonchev–Trinajstić information content (AvgIpc) is 2.97. The molecule has 1 aliphatic heterocycles. The number of carbonyl (C=O) groups excluding carboxylic acids is 1. The minimum absolute atomic E-state index is 0.0643. The average molecular weight is 327 g/mol. The zero-order valence-corrected chi connectivity index (χ0v) is 13.6. The van der Waals surface area contributed by atoms with Crippen LogP contribution < -0.4 is 10.1 Å². The smallest absolute Gasteiger partial charge is 0.256 e. The normalized spacial score (nSPS) is 14.2. The molecule has 0 unspecified atom stereocenters. The van der Waals surface area contributed by atoms with Gasteiger partial charge in [-0.1, -0.05) is 60.7 Å². The molecule has 4 rings (SSSR count). The lowest BCUT2D eigenvalue weighted by atomic mass is 10.0. The maximum atomic E-state index is 12.2. The minimum Gasteiger partial charge on any atom is -0.489 e. The van der Waals surface area contributed by atoms with Crippen LogP contribution in [-0.2, 0) is 11.4 Å². The van der Waals surface area contributed by atoms with Crippen LogP contribution in [0.1, 0.15) is 16.7 Å². The van der Waals surface area contributed by atoms with Crippen LogP contribution in [0.25, 0.3) is 11.6 Å². The third-order valence-corrected chi connectivity index (χ3v) is 4.15. The van der Waals surface area contributed by atoms with Crippen LogP contribution in [0, 0.1) is 0 Å². The third-order valence-electron chi connectivity index (χ3n) is 4.15. The zero-order chi connectivity index (χ0) is 17.1. The molecule has 0 bridgehead atoms. The Bertz CT molecular complexity index is 928. The van der Waals surface area contributed by atoms with Crippen molar-refractivity contribution in [2.75, 3.05) is 5.32 Å². The molecule has 0 aliphatic carbocycles. The van der Waals surface area contributed by atoms with Gasteiger partial charge in [-0.05, 0) is 35.4 Å². The molecule has 0 aromatic heterocycles. The van der Waals surface area contributed by atoms with Gasteiger partial charge in [-0.25, -0.2) is 0 Å². The van der Waals surface area contributed by atoms with Crippen LogP contribution in [0.4, 0.5) is 5.69 Å². The molecule has 1 aliphatic rings. The number of amides is 1. The molecule has 3 aromatic carbocycles. The number of para-hydroxylation sites is 1. The summed E-state index contributed by atoms with van der Waals surface area (Å²) in [5.74, 6) is 0.743. The van der Waals surface area contributed by atoms with Crippen molar-refractivity contribution in [3.8, 4) is 5.75 Å². The van der Waals surface area contributed by atoms with E-state index in [0.29, 0.717) is 12.2 Å². The highest BCUT2D eigenvalue weighted by molar-refractivity contribution is 6.34. The lowest BCUT2D eigenvalue weighted by Crippen LogP contribution is -2.03. The van der Waals surface area contributed by atoms with Crippen molar-refractivity contribution >= 4 is 23.2 Å². The van der Waals surface area contributed by atoms with Gasteiger partial charge in [0.15, 0.2) is 0 Å². The fourth-order valence-electron chi connectivity index (χ4n) is 2.85. The van der Waals surface area contributed by atoms with E-state index in [1.807, 2.05) is 84.9 Å². The first kappa shape index (κ1) is 15.2. The Morgan fingerprint density at radius 3 is 2.36 bits per heavy atom. The highest BCUT2D eigenvalue weighted by Gasteiger charge is 2.23. The standard InChI is InChI=1S/C22H17NO2/c24-22-20(19-8-4-5-9-21(19)23-22)14-16-10-12-18(13-11-16)25-15-17-6-2-1-3-7-17/h1-14H,15H2,(H,23,24)/b20-14-. The van der Waals surface area contributed by atoms with Gasteiger partial charge < -0.3 is 10.1 Å². The Kier molecular flexibility index (Phi) is 4.05. The van der Waals surface area contributed by atoms with E-state index in [1.54, 1.807) is 0 Å². The summed E-state index contributed by atoms with van der Waals surface area (Å²) in [5.41, 5.74) is 4.59. The van der Waals surface area contributed by atoms with Gasteiger partial charge in [0.2, 0.25) is 0 Å². The summed E-state index contributed by atoms with van der Waals surface area (Å²) in [4.78, 5) is 12.2. The Morgan fingerprint density at radius 1 is 0.840 bits per heavy atom. The highest BCUT2D eigenvalue weighted by atomic mass is 16.5. The summed E-state index contributed by atoms with van der Waals surface area (Å²) < 4.78 is 5.79. The van der Waals surface area contributed by atoms with E-state index in [4.69, 9.17) is 4.74 Å². The molecule has 0 saturated carbocycles. The van der Waals surface area contributed by atoms with E-state index >= 15 is 0 Å². The first-order valence-corrected chi connectivity index (χ1v) is 8.19. The molecule has 0 saturated heterocycles. The lowest BCUT2D eigenvalue weighted by molar-refractivity contribution is -0.110. The van der Waals surface area contributed by atoms with Gasteiger partial charge >= 0.3 is 0 Å². The molecule has 25 heavy (non-hydrogen) atoms. The van der Waals surface area contributed by atoms with Crippen molar-refractivity contribution in [2.45, 2.75) is 6.61 Å². The lowest BCUT2D eigenvalue weighted by Gasteiger charge is -2.06. The molecule has 1 heterocycles. The molecule has 122 valence electrons. The van der Waals surface area contributed by atoms with Crippen LogP contribution in [0.3, 0.4) is 0 Å². The summed E-state index contributed by atoms with van der Waals surface area (Å²) in [6, 6.07) is 25.6. The minimum atomic E-state index is -0.0643. The molecular formula is C22H17NO2. The molecule has 1 amide bonds. The summed E-state index contributed by atoms with van der Waals surface area (Å²) in [6.45, 7) is 0.539. The number of nitrogens with one attached hydrogen (secondary N) is 1. The maximum Gasteiger partial charge on any atom is 0.256 e. The fraction of sp³-hybridized carbons (Fsp3) is 0.0455. The molecule has 3 heteroatoms. The molecule has 0 fully saturated rings. The van der Waals surface area contributed by atoms with Crippen molar-refractivity contribution in [1.29, 1.82) is 0 Å². The summed E-state index contributed by atoms with van der Waals surface area (Å²) >= 11 is 0. The number of hydrogen-bond donors (Lipinski definition) is 1. The Balaban J connectivity index is 1.50. The largest absolute Gasteiger partial charge is 0.489 e. The molecular weight excluding hydrogens is 310 g/mol. The predicted octanol–water partition coefficient (Wildman–Crippen LogP) is 4.76. The molecule has 0 radical (unpaired) electrons. The van der Waals surface area contributed by atoms with Gasteiger partial charge in [0, 0.05) is 16.8 Å². The third kappa shape index (κ3) is 3.31. The van der Waals surface area contributed by atoms with Gasteiger partial charge in [-0.3, -0.25) is 4.79 Å². The number of hydrogen-bond acceptors (Lipinski definition) is 2. The Hall–Kier alpha value is -3.33. The number of benzene rings is 3. The monoisotopic (exact) mass is 327 g/mol. The topological polar surface area (TPSA) is 38.3 Å². The Morgan fingerprint density at radius 2 is 1.56 bits per heavy atom. The van der Waals surface area contributed by atoms with E-state index in [-0.39, 0.29) is 5.91 Å². The fourth-order valence-corrected chi connectivity index (χ4v) is 2.85. The van der Waals surface area contributed by atoms with Gasteiger partial charge in [0.25, 0.3) is 5.91 Å². The van der Waals surface area contributed by atoms with Crippen LogP contribution >= 0.6 is 0 Å². The van der Waals surface area contributed by atoms with Crippen LogP contribution in [0.5, 0.6) is 5.75 Å². The first-order chi connectivity index (χ1) is 12.3. The van der Waals surface area contributed by atoms with Crippen molar-refractivity contribution in [3.05, 3.63) is 95.6 Å². The summed E-state index contributed by atoms with van der Waals surface area (Å²) in [5, 5.41) is 2.89. The summed E-state index contributed by atoms with van der Waals surface area (Å²) in [7, 11) is 0. The van der Waals surface area contributed by atoms with Crippen molar-refractivity contribution in [2.24, 2.45) is 0 Å². The van der Waals surface area contributed by atoms with Crippen molar-refractivity contribution in [1.82, 2.24) is 0 Å². The molecule has 3 nitrogen and oxygen atoms in total. The number of rotatable bonds is 4. The van der Waals surface area contributed by atoms with Crippen LogP contribution in [0.2, 0.25) is 0 Å². The SMILES string of the molecule is O=C1Nc2ccccc2/C1=C/c1ccc(OCc2ccccc2)cc1. The first-order valence-electron chi connectivity index (χ1n) is 8.19. The van der Waals surface area contributed by atoms with E-state index in [1.165, 1.54) is 0 Å². The Labute approximate surface area is 146 Å². The number of anilines is 1. The number of carbonyl (C=O) groups is 1. The van der Waals surface area contributed by atoms with Gasteiger partial charge in [-0.2, -0.15) is 0 Å². The predicted molar refractivity (Wildman–Crippen MR) is 100 cm³/mol. The molecule has 1 N–H and O–H groups in total. The van der Waals surface area contributed by atoms with Gasteiger partial charge in [0.1, 0.15) is 12.4 Å². The quantitative estimate of drug-likeness (QED) is 0.702. The van der Waals surface area contributed by atoms with Crippen LogP contribution in [-0.4, -0.2) is 5.91 Å². The zero-order valence-electron chi connectivity index (χ0n) is 13.6. The van der Waals surface area contributed by atoms with Crippen molar-refractivity contribution in [3.63, 3.8) is 0 Å². The maximum absolute atomic E-state index is 12.2. The number of fused-ring (bicyclic) bond motifs is 1. The highest BCUT2D eigenvalue weighted by Crippen LogP contribution is 2.32. The van der Waals surface area contributed by atoms with E-state index in [9.17, 15) is 4.79 Å². The number of ether oxygens (including phenoxy) is 1. The second-order valence-electron chi connectivity index (χ2n) is 5.90. The second kappa shape index (κ2) is 6.65. The summed E-state index contributed by atoms with van der Waals surface area (Å²) in [6.07, 6.45) is 1.90. The molecule has 0 atom stereocenters. The van der Waals surface area contributed by atoms with E-state index < -0.39 is 0 Å². The molecule has 0 spiro atoms. The van der Waals surface area contributed by atoms with E-state index in [0.717, 1.165) is 28.1 Å². The van der Waals surface area contributed by atoms with Gasteiger partial charge in [0.05, 0.1) is 0 Å². The van der Waals surface area contributed by atoms with Crippen LogP contribution in [0.15, 0.2) is 78.9 Å². The second-order valence-corrected chi connectivity index (χ2v) is 5.90.